The predicted molar refractivity (Wildman–Crippen MR) is 44.7 cm³/mol. The summed E-state index contributed by atoms with van der Waals surface area (Å²) in [6.07, 6.45) is 3.58. The summed E-state index contributed by atoms with van der Waals surface area (Å²) in [6.45, 7) is 3.21. The van der Waals surface area contributed by atoms with Crippen LogP contribution in [0.25, 0.3) is 0 Å². The number of carbonyl (C=O) groups excluding carboxylic acids is 1. The van der Waals surface area contributed by atoms with Gasteiger partial charge >= 0.3 is 5.97 Å². The Hall–Kier alpha value is -1.32. The van der Waals surface area contributed by atoms with Crippen LogP contribution in [0.4, 0.5) is 0 Å². The molecular weight excluding hydrogens is 158 g/mol. The maximum atomic E-state index is 10.8. The van der Waals surface area contributed by atoms with Crippen LogP contribution in [0.15, 0.2) is 12.7 Å². The first kappa shape index (κ1) is 10.7. The van der Waals surface area contributed by atoms with Gasteiger partial charge in [0.1, 0.15) is 6.54 Å². The summed E-state index contributed by atoms with van der Waals surface area (Å²) in [4.78, 5) is 20.8. The lowest BCUT2D eigenvalue weighted by atomic mass is 10.2. The van der Waals surface area contributed by atoms with E-state index in [9.17, 15) is 9.59 Å². The molecule has 0 aromatic rings. The van der Waals surface area contributed by atoms with Gasteiger partial charge in [-0.25, -0.2) is 0 Å². The molecule has 0 radical (unpaired) electrons. The SMILES string of the molecule is C=CCCCC(=O)NCC(=O)O. The minimum Gasteiger partial charge on any atom is -0.480 e. The molecule has 2 N–H and O–H groups in total. The van der Waals surface area contributed by atoms with Crippen LogP contribution < -0.4 is 5.32 Å². The molecule has 0 unspecified atom stereocenters. The molecule has 0 bridgehead atoms. The Labute approximate surface area is 71.3 Å². The average molecular weight is 171 g/mol. The van der Waals surface area contributed by atoms with E-state index in [4.69, 9.17) is 5.11 Å². The summed E-state index contributed by atoms with van der Waals surface area (Å²) in [7, 11) is 0. The van der Waals surface area contributed by atoms with Crippen LogP contribution in [0.1, 0.15) is 19.3 Å². The first-order valence-corrected chi connectivity index (χ1v) is 3.76. The fraction of sp³-hybridized carbons (Fsp3) is 0.500. The van der Waals surface area contributed by atoms with Gasteiger partial charge in [0.05, 0.1) is 0 Å². The van der Waals surface area contributed by atoms with Crippen LogP contribution >= 0.6 is 0 Å². The molecule has 0 aromatic heterocycles. The third kappa shape index (κ3) is 6.80. The summed E-state index contributed by atoms with van der Waals surface area (Å²) >= 11 is 0. The lowest BCUT2D eigenvalue weighted by Gasteiger charge is -1.99. The fourth-order valence-corrected chi connectivity index (χ4v) is 0.670. The fourth-order valence-electron chi connectivity index (χ4n) is 0.670. The number of carbonyl (C=O) groups is 2. The van der Waals surface area contributed by atoms with Crippen LogP contribution in [0.2, 0.25) is 0 Å². The molecule has 4 nitrogen and oxygen atoms in total. The van der Waals surface area contributed by atoms with Gasteiger partial charge in [0, 0.05) is 6.42 Å². The van der Waals surface area contributed by atoms with Crippen LogP contribution in [-0.2, 0) is 9.59 Å². The standard InChI is InChI=1S/C8H13NO3/c1-2-3-4-5-7(10)9-6-8(11)12/h2H,1,3-6H2,(H,9,10)(H,11,12). The number of unbranched alkanes of at least 4 members (excludes halogenated alkanes) is 1. The number of hydrogen-bond donors (Lipinski definition) is 2. The summed E-state index contributed by atoms with van der Waals surface area (Å²) in [6, 6.07) is 0. The van der Waals surface area contributed by atoms with Gasteiger partial charge in [0.25, 0.3) is 0 Å². The number of hydrogen-bond acceptors (Lipinski definition) is 2. The zero-order valence-electron chi connectivity index (χ0n) is 6.88. The van der Waals surface area contributed by atoms with Crippen LogP contribution in [0.3, 0.4) is 0 Å². The van der Waals surface area contributed by atoms with E-state index in [0.717, 1.165) is 12.8 Å². The lowest BCUT2D eigenvalue weighted by Crippen LogP contribution is -2.28. The number of carboxylic acid groups (broad SMARTS) is 1. The molecule has 0 fully saturated rings. The highest BCUT2D eigenvalue weighted by Crippen LogP contribution is 1.94. The van der Waals surface area contributed by atoms with E-state index in [1.165, 1.54) is 0 Å². The molecular formula is C8H13NO3. The molecule has 1 amide bonds. The van der Waals surface area contributed by atoms with Crippen molar-refractivity contribution in [2.75, 3.05) is 6.54 Å². The quantitative estimate of drug-likeness (QED) is 0.453. The number of carboxylic acids is 1. The van der Waals surface area contributed by atoms with Crippen molar-refractivity contribution >= 4 is 11.9 Å². The molecule has 0 aliphatic heterocycles. The molecule has 68 valence electrons. The minimum atomic E-state index is -1.02. The van der Waals surface area contributed by atoms with Crippen molar-refractivity contribution < 1.29 is 14.7 Å². The molecule has 0 aliphatic carbocycles. The molecule has 4 heteroatoms. The van der Waals surface area contributed by atoms with Gasteiger partial charge in [0.15, 0.2) is 0 Å². The largest absolute Gasteiger partial charge is 0.480 e. The topological polar surface area (TPSA) is 66.4 Å². The second-order valence-corrected chi connectivity index (χ2v) is 2.35. The second kappa shape index (κ2) is 6.39. The summed E-state index contributed by atoms with van der Waals surface area (Å²) in [5.41, 5.74) is 0. The Kier molecular flexibility index (Phi) is 5.69. The highest BCUT2D eigenvalue weighted by Gasteiger charge is 2.01. The van der Waals surface area contributed by atoms with Crippen molar-refractivity contribution in [3.63, 3.8) is 0 Å². The van der Waals surface area contributed by atoms with E-state index >= 15 is 0 Å². The molecule has 0 saturated carbocycles. The Bertz CT molecular complexity index is 177. The lowest BCUT2D eigenvalue weighted by molar-refractivity contribution is -0.137. The van der Waals surface area contributed by atoms with E-state index in [0.29, 0.717) is 6.42 Å². The van der Waals surface area contributed by atoms with Gasteiger partial charge in [-0.2, -0.15) is 0 Å². The molecule has 12 heavy (non-hydrogen) atoms. The number of rotatable bonds is 6. The highest BCUT2D eigenvalue weighted by molar-refractivity contribution is 5.80. The Morgan fingerprint density at radius 2 is 2.17 bits per heavy atom. The van der Waals surface area contributed by atoms with Gasteiger partial charge in [0.2, 0.25) is 5.91 Å². The highest BCUT2D eigenvalue weighted by atomic mass is 16.4. The molecule has 0 saturated heterocycles. The molecule has 0 aromatic carbocycles. The molecule has 0 aliphatic rings. The summed E-state index contributed by atoms with van der Waals surface area (Å²) < 4.78 is 0. The molecule has 0 rings (SSSR count). The maximum Gasteiger partial charge on any atom is 0.322 e. The maximum absolute atomic E-state index is 10.8. The van der Waals surface area contributed by atoms with Gasteiger partial charge < -0.3 is 10.4 Å². The van der Waals surface area contributed by atoms with Crippen LogP contribution in [-0.4, -0.2) is 23.5 Å². The molecule has 0 heterocycles. The van der Waals surface area contributed by atoms with Gasteiger partial charge in [-0.15, -0.1) is 6.58 Å². The normalized spacial score (nSPS) is 9.00. The zero-order valence-corrected chi connectivity index (χ0v) is 6.88. The first-order valence-electron chi connectivity index (χ1n) is 3.76. The number of amides is 1. The average Bonchev–Trinajstić information content (AvgIpc) is 2.01. The van der Waals surface area contributed by atoms with Crippen molar-refractivity contribution in [2.24, 2.45) is 0 Å². The van der Waals surface area contributed by atoms with Crippen molar-refractivity contribution in [3.8, 4) is 0 Å². The second-order valence-electron chi connectivity index (χ2n) is 2.35. The smallest absolute Gasteiger partial charge is 0.322 e. The number of nitrogens with one attached hydrogen (secondary N) is 1. The predicted octanol–water partition coefficient (Wildman–Crippen LogP) is 0.544. The Balaban J connectivity index is 3.33. The van der Waals surface area contributed by atoms with Crippen LogP contribution in [0.5, 0.6) is 0 Å². The van der Waals surface area contributed by atoms with E-state index < -0.39 is 5.97 Å². The minimum absolute atomic E-state index is 0.223. The van der Waals surface area contributed by atoms with Crippen molar-refractivity contribution in [1.82, 2.24) is 5.32 Å². The third-order valence-electron chi connectivity index (χ3n) is 1.25. The van der Waals surface area contributed by atoms with E-state index in [2.05, 4.69) is 11.9 Å². The monoisotopic (exact) mass is 171 g/mol. The Morgan fingerprint density at radius 1 is 1.50 bits per heavy atom. The zero-order chi connectivity index (χ0) is 9.40. The molecule has 0 atom stereocenters. The van der Waals surface area contributed by atoms with E-state index in [-0.39, 0.29) is 12.5 Å². The number of aliphatic carboxylic acids is 1. The van der Waals surface area contributed by atoms with Gasteiger partial charge in [-0.3, -0.25) is 9.59 Å². The molecule has 0 spiro atoms. The van der Waals surface area contributed by atoms with Gasteiger partial charge in [-0.1, -0.05) is 6.08 Å². The van der Waals surface area contributed by atoms with Crippen molar-refractivity contribution in [1.29, 1.82) is 0 Å². The summed E-state index contributed by atoms with van der Waals surface area (Å²) in [5.74, 6) is -1.24. The van der Waals surface area contributed by atoms with Crippen molar-refractivity contribution in [3.05, 3.63) is 12.7 Å². The summed E-state index contributed by atoms with van der Waals surface area (Å²) in [5, 5.41) is 10.5. The Morgan fingerprint density at radius 3 is 2.67 bits per heavy atom. The third-order valence-corrected chi connectivity index (χ3v) is 1.25. The first-order chi connectivity index (χ1) is 5.66. The van der Waals surface area contributed by atoms with Crippen LogP contribution in [0, 0.1) is 0 Å². The van der Waals surface area contributed by atoms with Crippen molar-refractivity contribution in [2.45, 2.75) is 19.3 Å². The van der Waals surface area contributed by atoms with E-state index in [1.807, 2.05) is 0 Å². The number of allylic oxidation sites excluding steroid dienone is 1. The van der Waals surface area contributed by atoms with Gasteiger partial charge in [-0.05, 0) is 12.8 Å². The van der Waals surface area contributed by atoms with E-state index in [1.54, 1.807) is 6.08 Å².